The summed E-state index contributed by atoms with van der Waals surface area (Å²) in [6.45, 7) is 4.25. The number of rotatable bonds is 14. The maximum absolute atomic E-state index is 12.8. The van der Waals surface area contributed by atoms with Gasteiger partial charge < -0.3 is 18.6 Å². The minimum absolute atomic E-state index is 0.149. The summed E-state index contributed by atoms with van der Waals surface area (Å²) in [5.74, 6) is 0.197. The molecule has 0 spiro atoms. The highest BCUT2D eigenvalue weighted by atomic mass is 19.4. The molecule has 49 heavy (non-hydrogen) atoms. The van der Waals surface area contributed by atoms with Gasteiger partial charge >= 0.3 is 12.4 Å². The van der Waals surface area contributed by atoms with E-state index in [1.165, 1.54) is 62.8 Å². The van der Waals surface area contributed by atoms with Gasteiger partial charge in [-0.1, -0.05) is 24.3 Å². The van der Waals surface area contributed by atoms with Crippen LogP contribution in [-0.4, -0.2) is 44.7 Å². The van der Waals surface area contributed by atoms with Crippen molar-refractivity contribution in [1.29, 1.82) is 0 Å². The molecule has 0 aliphatic heterocycles. The zero-order valence-corrected chi connectivity index (χ0v) is 26.7. The third-order valence-corrected chi connectivity index (χ3v) is 7.40. The highest BCUT2D eigenvalue weighted by Gasteiger charge is 2.30. The first kappa shape index (κ1) is 36.7. The lowest BCUT2D eigenvalue weighted by molar-refractivity contribution is -0.138. The first-order valence-corrected chi connectivity index (χ1v) is 15.3. The van der Waals surface area contributed by atoms with Crippen molar-refractivity contribution < 1.29 is 44.8 Å². The quantitative estimate of drug-likeness (QED) is 0.0974. The Labute approximate surface area is 278 Å². The van der Waals surface area contributed by atoms with E-state index in [1.54, 1.807) is 22.0 Å². The molecule has 2 aromatic heterocycles. The predicted octanol–water partition coefficient (Wildman–Crippen LogP) is 8.61. The molecule has 0 radical (unpaired) electrons. The van der Waals surface area contributed by atoms with E-state index in [1.807, 2.05) is 0 Å². The molecule has 0 bridgehead atoms. The molecule has 0 unspecified atom stereocenters. The number of oxazole rings is 2. The first-order chi connectivity index (χ1) is 23.2. The Morgan fingerprint density at radius 2 is 0.980 bits per heavy atom. The molecular formula is C35H34F6N4O4. The summed E-state index contributed by atoms with van der Waals surface area (Å²) < 4.78 is 87.4. The van der Waals surface area contributed by atoms with Crippen LogP contribution in [-0.2, 0) is 35.0 Å². The SMILES string of the molecule is CC(=O)N(CCCCCN(Cc1coc(/C=C/c2ccc(C(F)(F)F)cc2)n1)C(C)=O)Cc1coc(/C=C/c2ccc(C(F)(F)F)cc2)n1. The largest absolute Gasteiger partial charge is 0.445 e. The molecular weight excluding hydrogens is 654 g/mol. The Kier molecular flexibility index (Phi) is 12.2. The number of carbonyl (C=O) groups excluding carboxylic acids is 2. The van der Waals surface area contributed by atoms with Crippen LogP contribution in [0.5, 0.6) is 0 Å². The predicted molar refractivity (Wildman–Crippen MR) is 170 cm³/mol. The molecule has 2 heterocycles. The summed E-state index contributed by atoms with van der Waals surface area (Å²) in [6.07, 6.45) is 2.33. The second-order valence-electron chi connectivity index (χ2n) is 11.2. The minimum atomic E-state index is -4.41. The number of carbonyl (C=O) groups is 2. The molecule has 0 atom stereocenters. The van der Waals surface area contributed by atoms with Crippen LogP contribution >= 0.6 is 0 Å². The van der Waals surface area contributed by atoms with Gasteiger partial charge in [-0.15, -0.1) is 0 Å². The van der Waals surface area contributed by atoms with Crippen molar-refractivity contribution in [1.82, 2.24) is 19.8 Å². The summed E-state index contributed by atoms with van der Waals surface area (Å²) in [4.78, 5) is 36.5. The van der Waals surface area contributed by atoms with Gasteiger partial charge in [-0.3, -0.25) is 9.59 Å². The Balaban J connectivity index is 1.21. The molecule has 0 fully saturated rings. The first-order valence-electron chi connectivity index (χ1n) is 15.3. The number of alkyl halides is 6. The summed E-state index contributed by atoms with van der Waals surface area (Å²) >= 11 is 0. The lowest BCUT2D eigenvalue weighted by Crippen LogP contribution is -2.30. The molecule has 0 N–H and O–H groups in total. The van der Waals surface area contributed by atoms with Gasteiger partial charge in [0, 0.05) is 39.1 Å². The summed E-state index contributed by atoms with van der Waals surface area (Å²) in [5.41, 5.74) is 0.646. The zero-order valence-electron chi connectivity index (χ0n) is 26.7. The molecule has 8 nitrogen and oxygen atoms in total. The number of amides is 2. The van der Waals surface area contributed by atoms with Crippen molar-refractivity contribution in [3.05, 3.63) is 106 Å². The van der Waals surface area contributed by atoms with Crippen LogP contribution in [0.3, 0.4) is 0 Å². The highest BCUT2D eigenvalue weighted by Crippen LogP contribution is 2.30. The summed E-state index contributed by atoms with van der Waals surface area (Å²) in [7, 11) is 0. The van der Waals surface area contributed by atoms with Crippen LogP contribution in [0.1, 0.15) is 78.5 Å². The lowest BCUT2D eigenvalue weighted by atomic mass is 10.1. The average molecular weight is 689 g/mol. The second kappa shape index (κ2) is 16.3. The number of aromatic nitrogens is 2. The summed E-state index contributed by atoms with van der Waals surface area (Å²) in [5, 5.41) is 0. The molecule has 2 aromatic carbocycles. The van der Waals surface area contributed by atoms with Crippen molar-refractivity contribution >= 4 is 36.1 Å². The maximum Gasteiger partial charge on any atom is 0.416 e. The van der Waals surface area contributed by atoms with Gasteiger partial charge in [0.15, 0.2) is 0 Å². The van der Waals surface area contributed by atoms with E-state index in [4.69, 9.17) is 8.83 Å². The Morgan fingerprint density at radius 3 is 1.31 bits per heavy atom. The number of hydrogen-bond donors (Lipinski definition) is 0. The van der Waals surface area contributed by atoms with Gasteiger partial charge in [0.25, 0.3) is 0 Å². The molecule has 2 amide bonds. The molecule has 4 aromatic rings. The molecule has 0 saturated heterocycles. The van der Waals surface area contributed by atoms with Gasteiger partial charge in [0.05, 0.1) is 35.6 Å². The normalized spacial score (nSPS) is 12.2. The standard InChI is InChI=1S/C35H34F6N4O4/c1-24(46)44(20-30-22-48-32(42-30)16-10-26-6-12-28(13-7-26)34(36,37)38)18-4-3-5-19-45(25(2)47)21-31-23-49-33(43-31)17-11-27-8-14-29(15-9-27)35(39,40)41/h6-17,22-23H,3-5,18-21H2,1-2H3/b16-10+,17-11+. The average Bonchev–Trinajstić information content (AvgIpc) is 3.70. The third-order valence-electron chi connectivity index (χ3n) is 7.40. The number of halogens is 6. The lowest BCUT2D eigenvalue weighted by Gasteiger charge is -2.21. The van der Waals surface area contributed by atoms with E-state index in [2.05, 4.69) is 9.97 Å². The molecule has 4 rings (SSSR count). The fourth-order valence-corrected chi connectivity index (χ4v) is 4.71. The van der Waals surface area contributed by atoms with E-state index in [0.717, 1.165) is 30.7 Å². The van der Waals surface area contributed by atoms with Gasteiger partial charge in [-0.25, -0.2) is 9.97 Å². The summed E-state index contributed by atoms with van der Waals surface area (Å²) in [6, 6.07) is 9.35. The number of hydrogen-bond acceptors (Lipinski definition) is 6. The Bertz CT molecular complexity index is 1610. The van der Waals surface area contributed by atoms with Crippen LogP contribution in [0.15, 0.2) is 69.9 Å². The van der Waals surface area contributed by atoms with Crippen LogP contribution < -0.4 is 0 Å². The van der Waals surface area contributed by atoms with E-state index < -0.39 is 23.5 Å². The molecule has 0 saturated carbocycles. The Hall–Kier alpha value is -5.14. The van der Waals surface area contributed by atoms with Crippen molar-refractivity contribution in [2.24, 2.45) is 0 Å². The monoisotopic (exact) mass is 688 g/mol. The topological polar surface area (TPSA) is 92.7 Å². The highest BCUT2D eigenvalue weighted by molar-refractivity contribution is 5.73. The van der Waals surface area contributed by atoms with Gasteiger partial charge in [0.1, 0.15) is 12.5 Å². The van der Waals surface area contributed by atoms with Crippen LogP contribution in [0.4, 0.5) is 26.3 Å². The number of nitrogens with zero attached hydrogens (tertiary/aromatic N) is 4. The van der Waals surface area contributed by atoms with E-state index in [-0.39, 0.29) is 36.7 Å². The third kappa shape index (κ3) is 11.5. The van der Waals surface area contributed by atoms with Crippen LogP contribution in [0.25, 0.3) is 24.3 Å². The zero-order chi connectivity index (χ0) is 35.6. The second-order valence-corrected chi connectivity index (χ2v) is 11.2. The fraction of sp³-hybridized carbons (Fsp3) is 0.314. The number of unbranched alkanes of at least 4 members (excludes halogenated alkanes) is 2. The van der Waals surface area contributed by atoms with Gasteiger partial charge in [0.2, 0.25) is 23.6 Å². The van der Waals surface area contributed by atoms with E-state index in [0.29, 0.717) is 48.4 Å². The molecule has 0 aliphatic carbocycles. The number of benzene rings is 2. The van der Waals surface area contributed by atoms with Crippen molar-refractivity contribution in [3.63, 3.8) is 0 Å². The van der Waals surface area contributed by atoms with Crippen LogP contribution in [0.2, 0.25) is 0 Å². The smallest absolute Gasteiger partial charge is 0.416 e. The maximum atomic E-state index is 12.8. The minimum Gasteiger partial charge on any atom is -0.445 e. The fourth-order valence-electron chi connectivity index (χ4n) is 4.71. The van der Waals surface area contributed by atoms with E-state index >= 15 is 0 Å². The Morgan fingerprint density at radius 1 is 0.612 bits per heavy atom. The van der Waals surface area contributed by atoms with Crippen molar-refractivity contribution in [3.8, 4) is 0 Å². The van der Waals surface area contributed by atoms with Crippen LogP contribution in [0, 0.1) is 0 Å². The van der Waals surface area contributed by atoms with Gasteiger partial charge in [-0.05, 0) is 66.8 Å². The van der Waals surface area contributed by atoms with Crippen molar-refractivity contribution in [2.45, 2.75) is 58.6 Å². The van der Waals surface area contributed by atoms with Gasteiger partial charge in [-0.2, -0.15) is 26.3 Å². The molecule has 14 heteroatoms. The molecule has 0 aliphatic rings. The van der Waals surface area contributed by atoms with Crippen molar-refractivity contribution in [2.75, 3.05) is 13.1 Å². The molecule has 260 valence electrons. The van der Waals surface area contributed by atoms with E-state index in [9.17, 15) is 35.9 Å².